The van der Waals surface area contributed by atoms with Crippen molar-refractivity contribution in [3.8, 4) is 0 Å². The summed E-state index contributed by atoms with van der Waals surface area (Å²) in [5.41, 5.74) is -2.20. The zero-order valence-electron chi connectivity index (χ0n) is 20.7. The number of carbonyl (C=O) groups excluding carboxylic acids is 2. The Bertz CT molecular complexity index is 1150. The number of fused-ring (bicyclic) bond motifs is 2. The molecule has 34 heavy (non-hydrogen) atoms. The summed E-state index contributed by atoms with van der Waals surface area (Å²) in [6, 6.07) is 14.4. The number of Topliss-reactive ketones (excluding diaryl/α,β-unsaturated/α-hetero) is 2. The summed E-state index contributed by atoms with van der Waals surface area (Å²) in [5, 5.41) is 26.8. The van der Waals surface area contributed by atoms with Gasteiger partial charge in [0.2, 0.25) is 0 Å². The number of hydroxylamine groups is 2. The molecule has 0 bridgehead atoms. The molecule has 0 saturated heterocycles. The smallest absolute Gasteiger partial charge is 0.181 e. The molecule has 0 radical (unpaired) electrons. The lowest BCUT2D eigenvalue weighted by molar-refractivity contribution is -0.537. The number of nitrogens with zero attached hydrogens (tertiary/aromatic N) is 2. The molecule has 0 heterocycles. The second kappa shape index (κ2) is 7.62. The number of carbonyl (C=O) groups is 2. The van der Waals surface area contributed by atoms with Crippen LogP contribution in [0.25, 0.3) is 0 Å². The van der Waals surface area contributed by atoms with E-state index in [0.29, 0.717) is 11.1 Å². The summed E-state index contributed by atoms with van der Waals surface area (Å²) in [6.45, 7) is 10.5. The highest BCUT2D eigenvalue weighted by molar-refractivity contribution is 6.24. The topological polar surface area (TPSA) is 86.3 Å². The van der Waals surface area contributed by atoms with Gasteiger partial charge in [-0.2, -0.15) is 0 Å². The van der Waals surface area contributed by atoms with Gasteiger partial charge in [0, 0.05) is 52.7 Å². The van der Waals surface area contributed by atoms with Crippen LogP contribution in [-0.4, -0.2) is 44.6 Å². The summed E-state index contributed by atoms with van der Waals surface area (Å²) in [7, 11) is 0. The van der Waals surface area contributed by atoms with Crippen LogP contribution in [0.1, 0.15) is 73.4 Å². The Morgan fingerprint density at radius 2 is 1.00 bits per heavy atom. The molecule has 2 aromatic carbocycles. The second-order valence-electron chi connectivity index (χ2n) is 11.5. The van der Waals surface area contributed by atoms with Crippen molar-refractivity contribution in [2.45, 2.75) is 65.5 Å². The van der Waals surface area contributed by atoms with Crippen LogP contribution in [0.4, 0.5) is 0 Å². The normalized spacial score (nSPS) is 25.5. The van der Waals surface area contributed by atoms with E-state index in [1.54, 1.807) is 65.8 Å². The maximum Gasteiger partial charge on any atom is 0.181 e. The molecular weight excluding hydrogens is 428 g/mol. The van der Waals surface area contributed by atoms with E-state index in [-0.39, 0.29) is 24.4 Å². The van der Waals surface area contributed by atoms with E-state index in [2.05, 4.69) is 0 Å². The van der Waals surface area contributed by atoms with Crippen LogP contribution >= 0.6 is 0 Å². The Balaban J connectivity index is 2.09. The average Bonchev–Trinajstić information content (AvgIpc) is 3.20. The van der Waals surface area contributed by atoms with Crippen LogP contribution in [0.15, 0.2) is 48.5 Å². The molecule has 4 rings (SSSR count). The fraction of sp³-hybridized carbons (Fsp3) is 0.429. The third kappa shape index (κ3) is 3.47. The highest BCUT2D eigenvalue weighted by atomic mass is 16.5. The molecule has 0 N–H and O–H groups in total. The number of ketones is 2. The summed E-state index contributed by atoms with van der Waals surface area (Å²) >= 11 is 0. The number of hydrogen-bond acceptors (Lipinski definition) is 4. The van der Waals surface area contributed by atoms with E-state index in [9.17, 15) is 20.0 Å². The Kier molecular flexibility index (Phi) is 5.35. The number of hydrogen-bond donors (Lipinski definition) is 0. The Morgan fingerprint density at radius 3 is 1.29 bits per heavy atom. The molecule has 0 aromatic heterocycles. The SMILES string of the molecule is CC(C)(C)[N+]([O-])=C[C@]1([C@@]2(C=[N+]([O-])C(C)(C)C)Cc3ccccc3C2=O)Cc2ccccc2C1=O. The van der Waals surface area contributed by atoms with E-state index < -0.39 is 21.9 Å². The van der Waals surface area contributed by atoms with Gasteiger partial charge in [-0.05, 0) is 24.0 Å². The summed E-state index contributed by atoms with van der Waals surface area (Å²) in [5.74, 6) is -0.596. The van der Waals surface area contributed by atoms with Crippen molar-refractivity contribution in [3.05, 3.63) is 81.2 Å². The predicted octanol–water partition coefficient (Wildman–Crippen LogP) is 4.60. The summed E-state index contributed by atoms with van der Waals surface area (Å²) in [6.07, 6.45) is 3.11. The first-order valence-electron chi connectivity index (χ1n) is 11.6. The minimum Gasteiger partial charge on any atom is -0.624 e. The molecule has 2 aromatic rings. The Labute approximate surface area is 200 Å². The lowest BCUT2D eigenvalue weighted by Crippen LogP contribution is -2.56. The van der Waals surface area contributed by atoms with E-state index in [4.69, 9.17) is 0 Å². The van der Waals surface area contributed by atoms with Gasteiger partial charge in [0.25, 0.3) is 0 Å². The van der Waals surface area contributed by atoms with Gasteiger partial charge < -0.3 is 10.4 Å². The summed E-state index contributed by atoms with van der Waals surface area (Å²) in [4.78, 5) is 28.4. The van der Waals surface area contributed by atoms with Gasteiger partial charge in [0.1, 0.15) is 10.8 Å². The van der Waals surface area contributed by atoms with Gasteiger partial charge in [0.05, 0.1) is 0 Å². The van der Waals surface area contributed by atoms with Crippen molar-refractivity contribution in [1.29, 1.82) is 0 Å². The van der Waals surface area contributed by atoms with Crippen molar-refractivity contribution in [2.24, 2.45) is 10.8 Å². The van der Waals surface area contributed by atoms with Crippen LogP contribution in [-0.2, 0) is 12.8 Å². The van der Waals surface area contributed by atoms with Crippen LogP contribution in [0.3, 0.4) is 0 Å². The van der Waals surface area contributed by atoms with Crippen LogP contribution < -0.4 is 0 Å². The average molecular weight is 461 g/mol. The molecule has 6 nitrogen and oxygen atoms in total. The van der Waals surface area contributed by atoms with Crippen molar-refractivity contribution in [2.75, 3.05) is 0 Å². The van der Waals surface area contributed by atoms with Gasteiger partial charge in [-0.1, -0.05) is 48.5 Å². The standard InChI is InChI=1S/C28H32N2O4/c1-25(2,3)29(33)17-27(15-19-11-7-9-13-21(19)23(27)31)28(18-30(34)26(4,5)6)16-20-12-8-10-14-22(20)24(28)32/h7-14,17-18H,15-16H2,1-6H3/t27-,28-/m1/s1. The second-order valence-corrected chi connectivity index (χ2v) is 11.5. The van der Waals surface area contributed by atoms with Crippen molar-refractivity contribution in [1.82, 2.24) is 0 Å². The van der Waals surface area contributed by atoms with Gasteiger partial charge in [-0.25, -0.2) is 9.48 Å². The van der Waals surface area contributed by atoms with Crippen LogP contribution in [0.5, 0.6) is 0 Å². The Morgan fingerprint density at radius 1 is 0.676 bits per heavy atom. The first-order valence-corrected chi connectivity index (χ1v) is 11.6. The fourth-order valence-corrected chi connectivity index (χ4v) is 4.98. The van der Waals surface area contributed by atoms with Crippen LogP contribution in [0.2, 0.25) is 0 Å². The molecule has 178 valence electrons. The molecule has 2 atom stereocenters. The molecule has 0 aliphatic heterocycles. The first kappa shape index (κ1) is 23.9. The zero-order chi connectivity index (χ0) is 25.1. The van der Waals surface area contributed by atoms with E-state index in [1.807, 2.05) is 24.3 Å². The lowest BCUT2D eigenvalue weighted by Gasteiger charge is -2.38. The quantitative estimate of drug-likeness (QED) is 0.290. The van der Waals surface area contributed by atoms with Crippen molar-refractivity contribution in [3.63, 3.8) is 0 Å². The highest BCUT2D eigenvalue weighted by Gasteiger charge is 2.68. The van der Waals surface area contributed by atoms with Gasteiger partial charge in [-0.3, -0.25) is 9.59 Å². The maximum atomic E-state index is 14.2. The van der Waals surface area contributed by atoms with Crippen LogP contribution in [0, 0.1) is 21.2 Å². The van der Waals surface area contributed by atoms with Crippen molar-refractivity contribution < 1.29 is 19.1 Å². The molecule has 0 spiro atoms. The molecule has 0 saturated carbocycles. The molecule has 2 aliphatic carbocycles. The molecule has 2 aliphatic rings. The van der Waals surface area contributed by atoms with E-state index in [0.717, 1.165) is 20.6 Å². The fourth-order valence-electron chi connectivity index (χ4n) is 4.98. The predicted molar refractivity (Wildman–Crippen MR) is 133 cm³/mol. The van der Waals surface area contributed by atoms with E-state index >= 15 is 0 Å². The number of benzene rings is 2. The first-order chi connectivity index (χ1) is 15.7. The molecule has 0 fully saturated rings. The third-order valence-electron chi connectivity index (χ3n) is 7.07. The lowest BCUT2D eigenvalue weighted by atomic mass is 9.59. The monoisotopic (exact) mass is 460 g/mol. The maximum absolute atomic E-state index is 14.2. The van der Waals surface area contributed by atoms with Crippen molar-refractivity contribution >= 4 is 24.0 Å². The molecule has 6 heteroatoms. The molecule has 0 amide bonds. The Hall–Kier alpha value is -3.28. The zero-order valence-corrected chi connectivity index (χ0v) is 20.7. The third-order valence-corrected chi connectivity index (χ3v) is 7.07. The molecular formula is C28H32N2O4. The highest BCUT2D eigenvalue weighted by Crippen LogP contribution is 2.54. The number of rotatable bonds is 3. The largest absolute Gasteiger partial charge is 0.624 e. The van der Waals surface area contributed by atoms with Gasteiger partial charge >= 0.3 is 0 Å². The molecule has 0 unspecified atom stereocenters. The van der Waals surface area contributed by atoms with E-state index in [1.165, 1.54) is 12.4 Å². The minimum atomic E-state index is -1.53. The van der Waals surface area contributed by atoms with Gasteiger partial charge in [-0.15, -0.1) is 0 Å². The minimum absolute atomic E-state index is 0.172. The van der Waals surface area contributed by atoms with Gasteiger partial charge in [0.15, 0.2) is 35.1 Å². The summed E-state index contributed by atoms with van der Waals surface area (Å²) < 4.78 is 1.55.